The summed E-state index contributed by atoms with van der Waals surface area (Å²) >= 11 is 0. The van der Waals surface area contributed by atoms with Crippen LogP contribution in [0.15, 0.2) is 30.9 Å². The first-order valence-electron chi connectivity index (χ1n) is 3.49. The molecule has 0 atom stereocenters. The van der Waals surface area contributed by atoms with E-state index in [1.807, 2.05) is 0 Å². The number of carbonyl (C=O) groups is 1. The molecular weight excluding hydrogens is 172 g/mol. The standard InChI is InChI=1S/C9H8O4/c1-2-9(12)13-8-5-6(10)3-4-7(8)11/h2-5,10-11H,1H2. The van der Waals surface area contributed by atoms with Crippen LogP contribution in [-0.4, -0.2) is 16.2 Å². The molecule has 68 valence electrons. The summed E-state index contributed by atoms with van der Waals surface area (Å²) in [5, 5.41) is 18.2. The van der Waals surface area contributed by atoms with Crippen molar-refractivity contribution in [3.8, 4) is 17.2 Å². The Morgan fingerprint density at radius 1 is 1.46 bits per heavy atom. The second-order valence-electron chi connectivity index (χ2n) is 2.28. The molecule has 0 saturated heterocycles. The van der Waals surface area contributed by atoms with Crippen LogP contribution in [0.4, 0.5) is 0 Å². The van der Waals surface area contributed by atoms with Gasteiger partial charge >= 0.3 is 5.97 Å². The lowest BCUT2D eigenvalue weighted by atomic mass is 10.3. The molecule has 4 nitrogen and oxygen atoms in total. The van der Waals surface area contributed by atoms with E-state index >= 15 is 0 Å². The van der Waals surface area contributed by atoms with Crippen molar-refractivity contribution in [2.75, 3.05) is 0 Å². The van der Waals surface area contributed by atoms with E-state index in [1.54, 1.807) is 0 Å². The summed E-state index contributed by atoms with van der Waals surface area (Å²) in [4.78, 5) is 10.7. The van der Waals surface area contributed by atoms with Crippen LogP contribution >= 0.6 is 0 Å². The fourth-order valence-electron chi connectivity index (χ4n) is 0.735. The molecule has 0 radical (unpaired) electrons. The highest BCUT2D eigenvalue weighted by atomic mass is 16.5. The Hall–Kier alpha value is -1.97. The van der Waals surface area contributed by atoms with Crippen LogP contribution in [0.5, 0.6) is 17.2 Å². The topological polar surface area (TPSA) is 66.8 Å². The van der Waals surface area contributed by atoms with Gasteiger partial charge in [-0.3, -0.25) is 0 Å². The molecule has 0 fully saturated rings. The van der Waals surface area contributed by atoms with Gasteiger partial charge in [0.25, 0.3) is 0 Å². The maximum absolute atomic E-state index is 10.7. The Morgan fingerprint density at radius 3 is 2.77 bits per heavy atom. The number of hydrogen-bond donors (Lipinski definition) is 2. The Labute approximate surface area is 74.7 Å². The zero-order valence-electron chi connectivity index (χ0n) is 6.73. The summed E-state index contributed by atoms with van der Waals surface area (Å²) in [7, 11) is 0. The van der Waals surface area contributed by atoms with Gasteiger partial charge in [-0.05, 0) is 12.1 Å². The predicted octanol–water partition coefficient (Wildman–Crippen LogP) is 1.19. The van der Waals surface area contributed by atoms with E-state index < -0.39 is 5.97 Å². The average Bonchev–Trinajstić information content (AvgIpc) is 2.11. The zero-order chi connectivity index (χ0) is 9.84. The number of phenols is 2. The number of esters is 1. The Morgan fingerprint density at radius 2 is 2.15 bits per heavy atom. The van der Waals surface area contributed by atoms with Crippen molar-refractivity contribution in [1.29, 1.82) is 0 Å². The molecule has 0 aromatic heterocycles. The molecule has 0 aliphatic carbocycles. The van der Waals surface area contributed by atoms with Crippen molar-refractivity contribution in [3.63, 3.8) is 0 Å². The molecule has 4 heteroatoms. The maximum Gasteiger partial charge on any atom is 0.335 e. The number of aromatic hydroxyl groups is 2. The SMILES string of the molecule is C=CC(=O)Oc1cc(O)ccc1O. The molecule has 0 saturated carbocycles. The highest BCUT2D eigenvalue weighted by Gasteiger charge is 2.06. The monoisotopic (exact) mass is 180 g/mol. The van der Waals surface area contributed by atoms with Crippen molar-refractivity contribution in [2.24, 2.45) is 0 Å². The van der Waals surface area contributed by atoms with E-state index in [0.29, 0.717) is 0 Å². The Kier molecular flexibility index (Phi) is 2.54. The number of carbonyl (C=O) groups excluding carboxylic acids is 1. The summed E-state index contributed by atoms with van der Waals surface area (Å²) in [6.07, 6.45) is 0.962. The quantitative estimate of drug-likeness (QED) is 0.310. The third kappa shape index (κ3) is 2.23. The fraction of sp³-hybridized carbons (Fsp3) is 0. The smallest absolute Gasteiger partial charge is 0.335 e. The van der Waals surface area contributed by atoms with Crippen molar-refractivity contribution in [2.45, 2.75) is 0 Å². The Balaban J connectivity index is 2.93. The van der Waals surface area contributed by atoms with Crippen LogP contribution in [0.2, 0.25) is 0 Å². The molecule has 0 unspecified atom stereocenters. The van der Waals surface area contributed by atoms with E-state index in [9.17, 15) is 4.79 Å². The molecule has 2 N–H and O–H groups in total. The van der Waals surface area contributed by atoms with Gasteiger partial charge in [-0.2, -0.15) is 0 Å². The number of benzene rings is 1. The molecule has 1 aromatic rings. The van der Waals surface area contributed by atoms with Gasteiger partial charge in [0.15, 0.2) is 11.5 Å². The van der Waals surface area contributed by atoms with Gasteiger partial charge in [-0.1, -0.05) is 6.58 Å². The normalized spacial score (nSPS) is 9.23. The molecule has 1 aromatic carbocycles. The van der Waals surface area contributed by atoms with Crippen LogP contribution in [0.3, 0.4) is 0 Å². The number of ether oxygens (including phenoxy) is 1. The molecule has 0 aliphatic rings. The highest BCUT2D eigenvalue weighted by Crippen LogP contribution is 2.29. The maximum atomic E-state index is 10.7. The van der Waals surface area contributed by atoms with Crippen LogP contribution < -0.4 is 4.74 Å². The summed E-state index contributed by atoms with van der Waals surface area (Å²) in [6, 6.07) is 3.64. The van der Waals surface area contributed by atoms with Crippen molar-refractivity contribution >= 4 is 5.97 Å². The fourth-order valence-corrected chi connectivity index (χ4v) is 0.735. The second kappa shape index (κ2) is 3.62. The largest absolute Gasteiger partial charge is 0.508 e. The van der Waals surface area contributed by atoms with Gasteiger partial charge in [0.05, 0.1) is 0 Å². The van der Waals surface area contributed by atoms with Crippen LogP contribution in [0.25, 0.3) is 0 Å². The summed E-state index contributed by atoms with van der Waals surface area (Å²) in [5.41, 5.74) is 0. The van der Waals surface area contributed by atoms with Crippen molar-refractivity contribution < 1.29 is 19.7 Å². The van der Waals surface area contributed by atoms with E-state index in [-0.39, 0.29) is 17.2 Å². The lowest BCUT2D eigenvalue weighted by molar-refractivity contribution is -0.129. The summed E-state index contributed by atoms with van der Waals surface area (Å²) in [6.45, 7) is 3.19. The van der Waals surface area contributed by atoms with Gasteiger partial charge in [-0.25, -0.2) is 4.79 Å². The Bertz CT molecular complexity index is 343. The summed E-state index contributed by atoms with van der Waals surface area (Å²) in [5.74, 6) is -1.09. The first-order chi connectivity index (χ1) is 6.13. The highest BCUT2D eigenvalue weighted by molar-refractivity contribution is 5.83. The molecule has 0 bridgehead atoms. The minimum absolute atomic E-state index is 0.0927. The molecular formula is C9H8O4. The molecule has 0 spiro atoms. The van der Waals surface area contributed by atoms with Gasteiger partial charge in [0.2, 0.25) is 0 Å². The van der Waals surface area contributed by atoms with Crippen LogP contribution in [-0.2, 0) is 4.79 Å². The third-order valence-electron chi connectivity index (χ3n) is 1.32. The third-order valence-corrected chi connectivity index (χ3v) is 1.32. The van der Waals surface area contributed by atoms with E-state index in [4.69, 9.17) is 10.2 Å². The minimum atomic E-state index is -0.694. The minimum Gasteiger partial charge on any atom is -0.508 e. The molecule has 0 aliphatic heterocycles. The van der Waals surface area contributed by atoms with Gasteiger partial charge in [-0.15, -0.1) is 0 Å². The van der Waals surface area contributed by atoms with E-state index in [1.165, 1.54) is 12.1 Å². The van der Waals surface area contributed by atoms with Gasteiger partial charge < -0.3 is 14.9 Å². The lowest BCUT2D eigenvalue weighted by Crippen LogP contribution is -2.02. The van der Waals surface area contributed by atoms with E-state index in [0.717, 1.165) is 12.1 Å². The molecule has 0 amide bonds. The number of hydrogen-bond acceptors (Lipinski definition) is 4. The van der Waals surface area contributed by atoms with Crippen LogP contribution in [0, 0.1) is 0 Å². The first-order valence-corrected chi connectivity index (χ1v) is 3.49. The number of phenolic OH excluding ortho intramolecular Hbond substituents is 2. The first kappa shape index (κ1) is 9.12. The molecule has 0 heterocycles. The van der Waals surface area contributed by atoms with Gasteiger partial charge in [0, 0.05) is 12.1 Å². The van der Waals surface area contributed by atoms with E-state index in [2.05, 4.69) is 11.3 Å². The number of rotatable bonds is 2. The van der Waals surface area contributed by atoms with Gasteiger partial charge in [0.1, 0.15) is 5.75 Å². The van der Waals surface area contributed by atoms with Crippen molar-refractivity contribution in [1.82, 2.24) is 0 Å². The summed E-state index contributed by atoms with van der Waals surface area (Å²) < 4.78 is 4.61. The average molecular weight is 180 g/mol. The molecule has 13 heavy (non-hydrogen) atoms. The predicted molar refractivity (Wildman–Crippen MR) is 45.6 cm³/mol. The van der Waals surface area contributed by atoms with Crippen LogP contribution in [0.1, 0.15) is 0 Å². The zero-order valence-corrected chi connectivity index (χ0v) is 6.73. The second-order valence-corrected chi connectivity index (χ2v) is 2.28. The lowest BCUT2D eigenvalue weighted by Gasteiger charge is -2.03. The molecule has 1 rings (SSSR count). The van der Waals surface area contributed by atoms with Crippen molar-refractivity contribution in [3.05, 3.63) is 30.9 Å².